The first-order valence-electron chi connectivity index (χ1n) is 5.50. The second-order valence-electron chi connectivity index (χ2n) is 4.01. The van der Waals surface area contributed by atoms with Crippen molar-refractivity contribution in [2.24, 2.45) is 0 Å². The molecule has 0 saturated heterocycles. The average Bonchev–Trinajstić information content (AvgIpc) is 2.31. The van der Waals surface area contributed by atoms with Gasteiger partial charge < -0.3 is 10.5 Å². The number of hydrogen-bond acceptors (Lipinski definition) is 2. The van der Waals surface area contributed by atoms with Gasteiger partial charge in [0.2, 0.25) is 0 Å². The molecule has 0 unspecified atom stereocenters. The van der Waals surface area contributed by atoms with Gasteiger partial charge in [0.15, 0.2) is 0 Å². The summed E-state index contributed by atoms with van der Waals surface area (Å²) in [5.74, 6) is 0.831. The second-order valence-corrected chi connectivity index (χ2v) is 5.33. The van der Waals surface area contributed by atoms with Gasteiger partial charge in [-0.05, 0) is 42.8 Å². The van der Waals surface area contributed by atoms with E-state index in [0.29, 0.717) is 17.3 Å². The summed E-state index contributed by atoms with van der Waals surface area (Å²) in [4.78, 5) is 0. The highest BCUT2D eigenvalue weighted by molar-refractivity contribution is 9.10. The molecule has 0 heterocycles. The number of ether oxygens (including phenoxy) is 1. The predicted molar refractivity (Wildman–Crippen MR) is 79.1 cm³/mol. The van der Waals surface area contributed by atoms with Crippen molar-refractivity contribution in [1.82, 2.24) is 0 Å². The highest BCUT2D eigenvalue weighted by atomic mass is 79.9. The first-order chi connectivity index (χ1) is 8.58. The minimum atomic E-state index is 0.369. The predicted octanol–water partition coefficient (Wildman–Crippen LogP) is 4.57. The van der Waals surface area contributed by atoms with E-state index in [9.17, 15) is 0 Å². The van der Waals surface area contributed by atoms with Crippen molar-refractivity contribution >= 4 is 33.2 Å². The van der Waals surface area contributed by atoms with Gasteiger partial charge in [-0.15, -0.1) is 0 Å². The Balaban J connectivity index is 2.16. The maximum Gasteiger partial charge on any atom is 0.122 e. The number of benzene rings is 2. The van der Waals surface area contributed by atoms with Crippen molar-refractivity contribution in [3.05, 3.63) is 57.0 Å². The Bertz CT molecular complexity index is 551. The van der Waals surface area contributed by atoms with E-state index >= 15 is 0 Å². The lowest BCUT2D eigenvalue weighted by Gasteiger charge is -2.12. The number of rotatable bonds is 3. The van der Waals surface area contributed by atoms with Gasteiger partial charge >= 0.3 is 0 Å². The molecule has 0 aliphatic heterocycles. The summed E-state index contributed by atoms with van der Waals surface area (Å²) in [7, 11) is 0. The lowest BCUT2D eigenvalue weighted by atomic mass is 10.2. The van der Waals surface area contributed by atoms with Gasteiger partial charge in [0.1, 0.15) is 12.4 Å². The standard InChI is InChI=1S/C14H13BrClNO/c1-9-7-10(15)5-6-14(9)18-8-11-12(16)3-2-4-13(11)17/h2-7H,8,17H2,1H3. The van der Waals surface area contributed by atoms with Crippen LogP contribution in [-0.2, 0) is 6.61 Å². The van der Waals surface area contributed by atoms with E-state index in [1.165, 1.54) is 0 Å². The normalized spacial score (nSPS) is 10.4. The van der Waals surface area contributed by atoms with Gasteiger partial charge in [-0.3, -0.25) is 0 Å². The van der Waals surface area contributed by atoms with Gasteiger partial charge in [-0.25, -0.2) is 0 Å². The first-order valence-corrected chi connectivity index (χ1v) is 6.67. The third-order valence-electron chi connectivity index (χ3n) is 2.66. The van der Waals surface area contributed by atoms with Crippen LogP contribution in [0.15, 0.2) is 40.9 Å². The molecule has 2 rings (SSSR count). The molecule has 2 nitrogen and oxygen atoms in total. The lowest BCUT2D eigenvalue weighted by Crippen LogP contribution is -2.01. The molecular weight excluding hydrogens is 314 g/mol. The summed E-state index contributed by atoms with van der Waals surface area (Å²) < 4.78 is 6.79. The zero-order chi connectivity index (χ0) is 13.1. The highest BCUT2D eigenvalue weighted by Gasteiger charge is 2.06. The van der Waals surface area contributed by atoms with Crippen LogP contribution < -0.4 is 10.5 Å². The molecule has 0 aliphatic carbocycles. The number of anilines is 1. The molecule has 0 spiro atoms. The van der Waals surface area contributed by atoms with Crippen molar-refractivity contribution in [1.29, 1.82) is 0 Å². The molecule has 0 fully saturated rings. The Morgan fingerprint density at radius 2 is 2.06 bits per heavy atom. The Hall–Kier alpha value is -1.19. The minimum absolute atomic E-state index is 0.369. The summed E-state index contributed by atoms with van der Waals surface area (Å²) in [5.41, 5.74) is 8.41. The van der Waals surface area contributed by atoms with E-state index in [0.717, 1.165) is 21.3 Å². The maximum absolute atomic E-state index is 6.09. The number of aryl methyl sites for hydroxylation is 1. The Kier molecular flexibility index (Phi) is 4.15. The lowest BCUT2D eigenvalue weighted by molar-refractivity contribution is 0.305. The summed E-state index contributed by atoms with van der Waals surface area (Å²) in [6, 6.07) is 11.3. The van der Waals surface area contributed by atoms with Crippen LogP contribution >= 0.6 is 27.5 Å². The number of nitrogen functional groups attached to an aromatic ring is 1. The first kappa shape index (κ1) is 13.2. The fraction of sp³-hybridized carbons (Fsp3) is 0.143. The Morgan fingerprint density at radius 1 is 1.28 bits per heavy atom. The number of hydrogen-bond donors (Lipinski definition) is 1. The van der Waals surface area contributed by atoms with Crippen LogP contribution in [0.1, 0.15) is 11.1 Å². The summed E-state index contributed by atoms with van der Waals surface area (Å²) in [5, 5.41) is 0.629. The minimum Gasteiger partial charge on any atom is -0.488 e. The van der Waals surface area contributed by atoms with Gasteiger partial charge in [-0.1, -0.05) is 33.6 Å². The van der Waals surface area contributed by atoms with E-state index in [-0.39, 0.29) is 0 Å². The molecule has 2 aromatic rings. The molecule has 0 bridgehead atoms. The Labute approximate surface area is 120 Å². The molecule has 0 aromatic heterocycles. The molecule has 0 amide bonds. The van der Waals surface area contributed by atoms with E-state index in [4.69, 9.17) is 22.1 Å². The number of nitrogens with two attached hydrogens (primary N) is 1. The highest BCUT2D eigenvalue weighted by Crippen LogP contribution is 2.26. The molecule has 2 N–H and O–H groups in total. The SMILES string of the molecule is Cc1cc(Br)ccc1OCc1c(N)cccc1Cl. The topological polar surface area (TPSA) is 35.2 Å². The molecule has 0 atom stereocenters. The largest absolute Gasteiger partial charge is 0.488 e. The summed E-state index contributed by atoms with van der Waals surface area (Å²) in [6.45, 7) is 2.37. The van der Waals surface area contributed by atoms with Crippen molar-refractivity contribution in [3.63, 3.8) is 0 Å². The van der Waals surface area contributed by atoms with Crippen LogP contribution in [-0.4, -0.2) is 0 Å². The van der Waals surface area contributed by atoms with Crippen molar-refractivity contribution in [3.8, 4) is 5.75 Å². The van der Waals surface area contributed by atoms with Crippen LogP contribution in [0.2, 0.25) is 5.02 Å². The van der Waals surface area contributed by atoms with Crippen LogP contribution in [0, 0.1) is 6.92 Å². The fourth-order valence-electron chi connectivity index (χ4n) is 1.65. The van der Waals surface area contributed by atoms with Crippen LogP contribution in [0.3, 0.4) is 0 Å². The van der Waals surface area contributed by atoms with E-state index in [1.54, 1.807) is 0 Å². The molecule has 0 aliphatic rings. The summed E-state index contributed by atoms with van der Waals surface area (Å²) >= 11 is 9.51. The molecular formula is C14H13BrClNO. The average molecular weight is 327 g/mol. The Morgan fingerprint density at radius 3 is 2.72 bits per heavy atom. The van der Waals surface area contributed by atoms with E-state index in [1.807, 2.05) is 43.3 Å². The van der Waals surface area contributed by atoms with Crippen LogP contribution in [0.4, 0.5) is 5.69 Å². The third-order valence-corrected chi connectivity index (χ3v) is 3.51. The smallest absolute Gasteiger partial charge is 0.122 e. The van der Waals surface area contributed by atoms with Crippen molar-refractivity contribution in [2.45, 2.75) is 13.5 Å². The van der Waals surface area contributed by atoms with Gasteiger partial charge in [-0.2, -0.15) is 0 Å². The molecule has 94 valence electrons. The van der Waals surface area contributed by atoms with Gasteiger partial charge in [0, 0.05) is 20.7 Å². The summed E-state index contributed by atoms with van der Waals surface area (Å²) in [6.07, 6.45) is 0. The molecule has 4 heteroatoms. The molecule has 0 radical (unpaired) electrons. The van der Waals surface area contributed by atoms with Crippen LogP contribution in [0.5, 0.6) is 5.75 Å². The molecule has 0 saturated carbocycles. The van der Waals surface area contributed by atoms with E-state index in [2.05, 4.69) is 15.9 Å². The van der Waals surface area contributed by atoms with E-state index < -0.39 is 0 Å². The van der Waals surface area contributed by atoms with Crippen LogP contribution in [0.25, 0.3) is 0 Å². The maximum atomic E-state index is 6.09. The van der Waals surface area contributed by atoms with Gasteiger partial charge in [0.05, 0.1) is 0 Å². The fourth-order valence-corrected chi connectivity index (χ4v) is 2.36. The molecule has 18 heavy (non-hydrogen) atoms. The monoisotopic (exact) mass is 325 g/mol. The molecule has 2 aromatic carbocycles. The van der Waals surface area contributed by atoms with Gasteiger partial charge in [0.25, 0.3) is 0 Å². The third kappa shape index (κ3) is 2.98. The second kappa shape index (κ2) is 5.63. The van der Waals surface area contributed by atoms with Crippen molar-refractivity contribution < 1.29 is 4.74 Å². The quantitative estimate of drug-likeness (QED) is 0.838. The zero-order valence-corrected chi connectivity index (χ0v) is 12.3. The zero-order valence-electron chi connectivity index (χ0n) is 9.91. The van der Waals surface area contributed by atoms with Crippen molar-refractivity contribution in [2.75, 3.05) is 5.73 Å². The number of halogens is 2.